The first-order valence-electron chi connectivity index (χ1n) is 7.93. The molecule has 1 aliphatic heterocycles. The highest BCUT2D eigenvalue weighted by molar-refractivity contribution is 4.92. The molecule has 2 rings (SSSR count). The van der Waals surface area contributed by atoms with Crippen LogP contribution in [0.4, 0.5) is 0 Å². The Labute approximate surface area is 127 Å². The van der Waals surface area contributed by atoms with Crippen molar-refractivity contribution in [2.45, 2.75) is 39.2 Å². The normalized spacial score (nSPS) is 17.7. The fraction of sp³-hybridized carbons (Fsp3) is 0.867. The number of likely N-dealkylation sites (tertiary alicyclic amines) is 1. The van der Waals surface area contributed by atoms with Crippen LogP contribution in [0.5, 0.6) is 0 Å². The molecule has 1 N–H and O–H groups in total. The number of hydrogen-bond acceptors (Lipinski definition) is 6. The monoisotopic (exact) mass is 296 g/mol. The molecular formula is C15H28N4O2. The maximum absolute atomic E-state index is 5.32. The van der Waals surface area contributed by atoms with Gasteiger partial charge in [-0.15, -0.1) is 0 Å². The number of rotatable bonds is 8. The molecule has 21 heavy (non-hydrogen) atoms. The van der Waals surface area contributed by atoms with Crippen molar-refractivity contribution in [3.05, 3.63) is 11.7 Å². The van der Waals surface area contributed by atoms with E-state index in [4.69, 9.17) is 9.26 Å². The summed E-state index contributed by atoms with van der Waals surface area (Å²) in [6.45, 7) is 9.98. The minimum absolute atomic E-state index is 0.325. The van der Waals surface area contributed by atoms with Crippen molar-refractivity contribution in [3.63, 3.8) is 0 Å². The summed E-state index contributed by atoms with van der Waals surface area (Å²) in [6.07, 6.45) is 2.45. The summed E-state index contributed by atoms with van der Waals surface area (Å²) in [6, 6.07) is 0. The Kier molecular flexibility index (Phi) is 6.60. The lowest BCUT2D eigenvalue weighted by molar-refractivity contribution is 0.154. The van der Waals surface area contributed by atoms with Crippen LogP contribution in [-0.2, 0) is 11.3 Å². The first kappa shape index (κ1) is 16.4. The van der Waals surface area contributed by atoms with Gasteiger partial charge >= 0.3 is 0 Å². The third-order valence-corrected chi connectivity index (χ3v) is 3.98. The Morgan fingerprint density at radius 2 is 2.14 bits per heavy atom. The van der Waals surface area contributed by atoms with E-state index in [1.54, 1.807) is 7.11 Å². The molecule has 0 aliphatic carbocycles. The van der Waals surface area contributed by atoms with Crippen LogP contribution in [0.15, 0.2) is 4.52 Å². The van der Waals surface area contributed by atoms with Gasteiger partial charge in [0, 0.05) is 19.6 Å². The quantitative estimate of drug-likeness (QED) is 0.736. The third kappa shape index (κ3) is 5.37. The molecule has 0 aromatic carbocycles. The van der Waals surface area contributed by atoms with Crippen molar-refractivity contribution in [2.75, 3.05) is 39.9 Å². The van der Waals surface area contributed by atoms with Crippen LogP contribution in [-0.4, -0.2) is 54.9 Å². The van der Waals surface area contributed by atoms with E-state index < -0.39 is 0 Å². The van der Waals surface area contributed by atoms with E-state index in [0.29, 0.717) is 5.92 Å². The number of piperidine rings is 1. The van der Waals surface area contributed by atoms with Crippen LogP contribution in [0.1, 0.15) is 44.3 Å². The van der Waals surface area contributed by atoms with Crippen molar-refractivity contribution in [1.29, 1.82) is 0 Å². The van der Waals surface area contributed by atoms with Crippen molar-refractivity contribution >= 4 is 0 Å². The van der Waals surface area contributed by atoms with Gasteiger partial charge in [0.05, 0.1) is 13.2 Å². The second kappa shape index (κ2) is 8.46. The number of hydrogen-bond donors (Lipinski definition) is 1. The van der Waals surface area contributed by atoms with E-state index in [9.17, 15) is 0 Å². The fourth-order valence-corrected chi connectivity index (χ4v) is 2.59. The topological polar surface area (TPSA) is 63.4 Å². The minimum Gasteiger partial charge on any atom is -0.383 e. The van der Waals surface area contributed by atoms with Crippen LogP contribution in [0.3, 0.4) is 0 Å². The van der Waals surface area contributed by atoms with Gasteiger partial charge in [0.15, 0.2) is 5.82 Å². The highest BCUT2D eigenvalue weighted by Crippen LogP contribution is 2.18. The SMILES string of the molecule is COCCNCC1CCN(Cc2nc(C(C)C)no2)CC1. The Morgan fingerprint density at radius 3 is 2.76 bits per heavy atom. The zero-order chi connectivity index (χ0) is 15.1. The van der Waals surface area contributed by atoms with Gasteiger partial charge < -0.3 is 14.6 Å². The van der Waals surface area contributed by atoms with Crippen molar-refractivity contribution < 1.29 is 9.26 Å². The summed E-state index contributed by atoms with van der Waals surface area (Å²) >= 11 is 0. The summed E-state index contributed by atoms with van der Waals surface area (Å²) < 4.78 is 10.4. The van der Waals surface area contributed by atoms with Gasteiger partial charge in [-0.05, 0) is 38.4 Å². The van der Waals surface area contributed by atoms with Crippen LogP contribution in [0, 0.1) is 5.92 Å². The van der Waals surface area contributed by atoms with E-state index in [1.807, 2.05) is 0 Å². The van der Waals surface area contributed by atoms with Crippen LogP contribution in [0.25, 0.3) is 0 Å². The smallest absolute Gasteiger partial charge is 0.240 e. The van der Waals surface area contributed by atoms with E-state index in [0.717, 1.165) is 57.0 Å². The van der Waals surface area contributed by atoms with Gasteiger partial charge in [0.1, 0.15) is 0 Å². The van der Waals surface area contributed by atoms with Gasteiger partial charge in [-0.25, -0.2) is 0 Å². The van der Waals surface area contributed by atoms with E-state index >= 15 is 0 Å². The highest BCUT2D eigenvalue weighted by atomic mass is 16.5. The summed E-state index contributed by atoms with van der Waals surface area (Å²) in [4.78, 5) is 6.85. The predicted molar refractivity (Wildman–Crippen MR) is 81.1 cm³/mol. The molecule has 0 saturated carbocycles. The van der Waals surface area contributed by atoms with Crippen LogP contribution < -0.4 is 5.32 Å². The van der Waals surface area contributed by atoms with E-state index in [2.05, 4.69) is 34.2 Å². The molecule has 6 heteroatoms. The fourth-order valence-electron chi connectivity index (χ4n) is 2.59. The molecule has 1 fully saturated rings. The minimum atomic E-state index is 0.325. The van der Waals surface area contributed by atoms with Crippen molar-refractivity contribution in [1.82, 2.24) is 20.4 Å². The molecule has 1 saturated heterocycles. The molecular weight excluding hydrogens is 268 g/mol. The third-order valence-electron chi connectivity index (χ3n) is 3.98. The molecule has 0 atom stereocenters. The first-order valence-corrected chi connectivity index (χ1v) is 7.93. The number of methoxy groups -OCH3 is 1. The van der Waals surface area contributed by atoms with Gasteiger partial charge in [-0.2, -0.15) is 4.98 Å². The molecule has 1 aliphatic rings. The Morgan fingerprint density at radius 1 is 1.38 bits per heavy atom. The average molecular weight is 296 g/mol. The number of nitrogens with one attached hydrogen (secondary N) is 1. The van der Waals surface area contributed by atoms with Crippen LogP contribution >= 0.6 is 0 Å². The summed E-state index contributed by atoms with van der Waals surface area (Å²) in [5.41, 5.74) is 0. The number of aromatic nitrogens is 2. The average Bonchev–Trinajstić information content (AvgIpc) is 2.94. The predicted octanol–water partition coefficient (Wildman–Crippen LogP) is 1.64. The zero-order valence-corrected chi connectivity index (χ0v) is 13.5. The molecule has 0 radical (unpaired) electrons. The largest absolute Gasteiger partial charge is 0.383 e. The van der Waals surface area contributed by atoms with E-state index in [1.165, 1.54) is 12.8 Å². The first-order chi connectivity index (χ1) is 10.2. The molecule has 0 bridgehead atoms. The lowest BCUT2D eigenvalue weighted by Gasteiger charge is -2.31. The molecule has 1 aromatic rings. The Hall–Kier alpha value is -0.980. The summed E-state index contributed by atoms with van der Waals surface area (Å²) in [7, 11) is 1.74. The molecule has 0 spiro atoms. The van der Waals surface area contributed by atoms with Crippen molar-refractivity contribution in [3.8, 4) is 0 Å². The standard InChI is InChI=1S/C15H28N4O2/c1-12(2)15-17-14(21-18-15)11-19-7-4-13(5-8-19)10-16-6-9-20-3/h12-13,16H,4-11H2,1-3H3. The molecule has 2 heterocycles. The van der Waals surface area contributed by atoms with Gasteiger partial charge in [-0.3, -0.25) is 4.90 Å². The maximum atomic E-state index is 5.32. The molecule has 120 valence electrons. The van der Waals surface area contributed by atoms with Gasteiger partial charge in [-0.1, -0.05) is 19.0 Å². The number of ether oxygens (including phenoxy) is 1. The molecule has 1 aromatic heterocycles. The Bertz CT molecular complexity index is 400. The Balaban J connectivity index is 1.66. The van der Waals surface area contributed by atoms with Gasteiger partial charge in [0.25, 0.3) is 0 Å². The van der Waals surface area contributed by atoms with Crippen molar-refractivity contribution in [2.24, 2.45) is 5.92 Å². The highest BCUT2D eigenvalue weighted by Gasteiger charge is 2.21. The molecule has 6 nitrogen and oxygen atoms in total. The van der Waals surface area contributed by atoms with Crippen LogP contribution in [0.2, 0.25) is 0 Å². The number of nitrogens with zero attached hydrogens (tertiary/aromatic N) is 3. The summed E-state index contributed by atoms with van der Waals surface area (Å²) in [5, 5.41) is 7.47. The second-order valence-corrected chi connectivity index (χ2v) is 6.12. The summed E-state index contributed by atoms with van der Waals surface area (Å²) in [5.74, 6) is 2.65. The maximum Gasteiger partial charge on any atom is 0.240 e. The van der Waals surface area contributed by atoms with E-state index in [-0.39, 0.29) is 0 Å². The van der Waals surface area contributed by atoms with Gasteiger partial charge in [0.2, 0.25) is 5.89 Å². The zero-order valence-electron chi connectivity index (χ0n) is 13.5. The lowest BCUT2D eigenvalue weighted by Crippen LogP contribution is -2.37. The molecule has 0 unspecified atom stereocenters. The lowest BCUT2D eigenvalue weighted by atomic mass is 9.97. The second-order valence-electron chi connectivity index (χ2n) is 6.12. The molecule has 0 amide bonds.